The summed E-state index contributed by atoms with van der Waals surface area (Å²) in [6.45, 7) is 9.41. The largest absolute Gasteiger partial charge is 0.0859 e. The van der Waals surface area contributed by atoms with Crippen molar-refractivity contribution < 1.29 is 0 Å². The molecule has 0 aliphatic heterocycles. The SMILES string of the molecule is CCCC/C(I)=C\[Si](C)(C)C. The molecule has 0 unspecified atom stereocenters. The number of allylic oxidation sites excluding steroid dienone is 1. The Bertz CT molecular complexity index is 133. The van der Waals surface area contributed by atoms with Crippen LogP contribution in [0.15, 0.2) is 9.28 Å². The molecule has 66 valence electrons. The Hall–Kier alpha value is 0.687. The normalized spacial score (nSPS) is 13.7. The maximum Gasteiger partial charge on any atom is 0.0696 e. The Kier molecular flexibility index (Phi) is 5.69. The minimum Gasteiger partial charge on any atom is -0.0859 e. The van der Waals surface area contributed by atoms with Crippen molar-refractivity contribution in [2.75, 3.05) is 0 Å². The molecule has 0 rings (SSSR count). The van der Waals surface area contributed by atoms with Crippen molar-refractivity contribution in [3.63, 3.8) is 0 Å². The summed E-state index contributed by atoms with van der Waals surface area (Å²) in [6.07, 6.45) is 3.95. The Morgan fingerprint density at radius 1 is 1.36 bits per heavy atom. The zero-order valence-electron chi connectivity index (χ0n) is 8.08. The molecular formula is C9H19ISi. The number of halogens is 1. The van der Waals surface area contributed by atoms with Gasteiger partial charge in [0.25, 0.3) is 0 Å². The van der Waals surface area contributed by atoms with E-state index in [1.807, 2.05) is 0 Å². The molecule has 0 atom stereocenters. The van der Waals surface area contributed by atoms with E-state index >= 15 is 0 Å². The molecule has 0 heterocycles. The van der Waals surface area contributed by atoms with Crippen LogP contribution in [-0.4, -0.2) is 8.07 Å². The highest BCUT2D eigenvalue weighted by Gasteiger charge is 2.08. The number of hydrogen-bond donors (Lipinski definition) is 0. The molecule has 0 N–H and O–H groups in total. The highest BCUT2D eigenvalue weighted by Crippen LogP contribution is 2.18. The third-order valence-electron chi connectivity index (χ3n) is 1.36. The van der Waals surface area contributed by atoms with Crippen LogP contribution < -0.4 is 0 Å². The van der Waals surface area contributed by atoms with Gasteiger partial charge in [-0.3, -0.25) is 0 Å². The Balaban J connectivity index is 3.81. The van der Waals surface area contributed by atoms with Crippen molar-refractivity contribution in [2.45, 2.75) is 45.8 Å². The summed E-state index contributed by atoms with van der Waals surface area (Å²) in [6, 6.07) is 0. The van der Waals surface area contributed by atoms with Crippen LogP contribution in [0.3, 0.4) is 0 Å². The van der Waals surface area contributed by atoms with Crippen molar-refractivity contribution in [1.29, 1.82) is 0 Å². The third-order valence-corrected chi connectivity index (χ3v) is 4.01. The molecule has 0 aromatic rings. The van der Waals surface area contributed by atoms with Crippen LogP contribution in [0.25, 0.3) is 0 Å². The highest BCUT2D eigenvalue weighted by atomic mass is 127. The summed E-state index contributed by atoms with van der Waals surface area (Å²) in [5.74, 6) is 0. The Labute approximate surface area is 85.6 Å². The first-order valence-electron chi connectivity index (χ1n) is 4.33. The van der Waals surface area contributed by atoms with E-state index in [4.69, 9.17) is 0 Å². The van der Waals surface area contributed by atoms with Crippen molar-refractivity contribution in [2.24, 2.45) is 0 Å². The lowest BCUT2D eigenvalue weighted by atomic mass is 10.2. The van der Waals surface area contributed by atoms with Crippen LogP contribution >= 0.6 is 22.6 Å². The summed E-state index contributed by atoms with van der Waals surface area (Å²) in [5.41, 5.74) is 2.50. The van der Waals surface area contributed by atoms with Gasteiger partial charge in [0.2, 0.25) is 0 Å². The molecular weight excluding hydrogens is 263 g/mol. The zero-order chi connectivity index (χ0) is 8.91. The first kappa shape index (κ1) is 11.7. The van der Waals surface area contributed by atoms with Gasteiger partial charge in [-0.25, -0.2) is 0 Å². The van der Waals surface area contributed by atoms with Gasteiger partial charge in [-0.2, -0.15) is 0 Å². The summed E-state index contributed by atoms with van der Waals surface area (Å²) in [7, 11) is -0.940. The van der Waals surface area contributed by atoms with E-state index in [1.165, 1.54) is 19.3 Å². The monoisotopic (exact) mass is 282 g/mol. The molecule has 0 saturated heterocycles. The number of rotatable bonds is 4. The molecule has 0 spiro atoms. The molecule has 0 amide bonds. The lowest BCUT2D eigenvalue weighted by Crippen LogP contribution is -2.16. The van der Waals surface area contributed by atoms with E-state index < -0.39 is 8.07 Å². The quantitative estimate of drug-likeness (QED) is 0.530. The van der Waals surface area contributed by atoms with Crippen LogP contribution in [-0.2, 0) is 0 Å². The van der Waals surface area contributed by atoms with Crippen LogP contribution in [0.2, 0.25) is 19.6 Å². The molecule has 0 fully saturated rings. The molecule has 0 aliphatic rings. The van der Waals surface area contributed by atoms with Gasteiger partial charge in [0, 0.05) is 0 Å². The van der Waals surface area contributed by atoms with E-state index in [9.17, 15) is 0 Å². The van der Waals surface area contributed by atoms with Crippen LogP contribution in [0, 0.1) is 0 Å². The van der Waals surface area contributed by atoms with Crippen molar-refractivity contribution in [3.8, 4) is 0 Å². The fraction of sp³-hybridized carbons (Fsp3) is 0.778. The Morgan fingerprint density at radius 3 is 2.27 bits per heavy atom. The van der Waals surface area contributed by atoms with Crippen molar-refractivity contribution >= 4 is 30.7 Å². The van der Waals surface area contributed by atoms with E-state index in [-0.39, 0.29) is 0 Å². The molecule has 0 nitrogen and oxygen atoms in total. The topological polar surface area (TPSA) is 0 Å². The number of unbranched alkanes of at least 4 members (excludes halogenated alkanes) is 1. The van der Waals surface area contributed by atoms with Gasteiger partial charge >= 0.3 is 0 Å². The van der Waals surface area contributed by atoms with Crippen molar-refractivity contribution in [1.82, 2.24) is 0 Å². The van der Waals surface area contributed by atoms with Gasteiger partial charge in [0.1, 0.15) is 0 Å². The predicted molar refractivity (Wildman–Crippen MR) is 65.0 cm³/mol. The molecule has 2 heteroatoms. The summed E-state index contributed by atoms with van der Waals surface area (Å²) in [4.78, 5) is 0. The standard InChI is InChI=1S/C9H19ISi/c1-5-6-7-9(10)8-11(2,3)4/h8H,5-7H2,1-4H3/b9-8+. The zero-order valence-corrected chi connectivity index (χ0v) is 11.2. The fourth-order valence-corrected chi connectivity index (χ4v) is 5.16. The van der Waals surface area contributed by atoms with Crippen LogP contribution in [0.1, 0.15) is 26.2 Å². The summed E-state index contributed by atoms with van der Waals surface area (Å²) < 4.78 is 1.57. The van der Waals surface area contributed by atoms with E-state index in [0.29, 0.717) is 0 Å². The van der Waals surface area contributed by atoms with Crippen LogP contribution in [0.5, 0.6) is 0 Å². The Morgan fingerprint density at radius 2 is 1.91 bits per heavy atom. The predicted octanol–water partition coefficient (Wildman–Crippen LogP) is 4.37. The van der Waals surface area contributed by atoms with E-state index in [2.05, 4.69) is 54.9 Å². The van der Waals surface area contributed by atoms with Gasteiger partial charge in [0.15, 0.2) is 0 Å². The summed E-state index contributed by atoms with van der Waals surface area (Å²) >= 11 is 2.49. The first-order valence-corrected chi connectivity index (χ1v) is 8.98. The molecule has 0 aromatic heterocycles. The van der Waals surface area contributed by atoms with E-state index in [0.717, 1.165) is 0 Å². The fourth-order valence-electron chi connectivity index (χ4n) is 0.888. The molecule has 0 aromatic carbocycles. The average Bonchev–Trinajstić information content (AvgIpc) is 1.79. The minimum absolute atomic E-state index is 0.940. The smallest absolute Gasteiger partial charge is 0.0696 e. The molecule has 11 heavy (non-hydrogen) atoms. The third kappa shape index (κ3) is 8.59. The molecule has 0 bridgehead atoms. The lowest BCUT2D eigenvalue weighted by molar-refractivity contribution is 0.812. The first-order chi connectivity index (χ1) is 4.95. The van der Waals surface area contributed by atoms with Gasteiger partial charge in [-0.05, 0) is 39.0 Å². The van der Waals surface area contributed by atoms with Gasteiger partial charge in [0.05, 0.1) is 8.07 Å². The van der Waals surface area contributed by atoms with E-state index in [1.54, 1.807) is 3.58 Å². The number of hydrogen-bond acceptors (Lipinski definition) is 0. The van der Waals surface area contributed by atoms with Crippen LogP contribution in [0.4, 0.5) is 0 Å². The second kappa shape index (κ2) is 5.35. The second-order valence-corrected chi connectivity index (χ2v) is 10.5. The molecule has 0 saturated carbocycles. The maximum atomic E-state index is 2.50. The molecule has 0 radical (unpaired) electrons. The van der Waals surface area contributed by atoms with Gasteiger partial charge in [-0.15, -0.1) is 0 Å². The van der Waals surface area contributed by atoms with Crippen molar-refractivity contribution in [3.05, 3.63) is 9.28 Å². The molecule has 0 aliphatic carbocycles. The average molecular weight is 282 g/mol. The second-order valence-electron chi connectivity index (χ2n) is 4.06. The summed E-state index contributed by atoms with van der Waals surface area (Å²) in [5, 5.41) is 0. The van der Waals surface area contributed by atoms with Gasteiger partial charge < -0.3 is 0 Å². The minimum atomic E-state index is -0.940. The highest BCUT2D eigenvalue weighted by molar-refractivity contribution is 14.1. The van der Waals surface area contributed by atoms with Gasteiger partial charge in [-0.1, -0.05) is 38.7 Å². The lowest BCUT2D eigenvalue weighted by Gasteiger charge is -2.10. The maximum absolute atomic E-state index is 2.50.